The van der Waals surface area contributed by atoms with Gasteiger partial charge in [-0.3, -0.25) is 0 Å². The molecule has 0 N–H and O–H groups in total. The summed E-state index contributed by atoms with van der Waals surface area (Å²) in [5.41, 5.74) is 13.4. The Morgan fingerprint density at radius 3 is 1.42 bits per heavy atom. The van der Waals surface area contributed by atoms with Gasteiger partial charge in [-0.05, 0) is 74.8 Å². The number of hydrogen-bond acceptors (Lipinski definition) is 5. The van der Waals surface area contributed by atoms with E-state index in [9.17, 15) is 5.26 Å². The van der Waals surface area contributed by atoms with Crippen LogP contribution in [0.15, 0.2) is 231 Å². The zero-order valence-electron chi connectivity index (χ0n) is 34.6. The molecule has 0 unspecified atom stereocenters. The average molecular weight is 819 g/mol. The molecular weight excluding hydrogens is 781 g/mol. The van der Waals surface area contributed by atoms with Gasteiger partial charge in [0.2, 0.25) is 0 Å². The number of benzene rings is 9. The van der Waals surface area contributed by atoms with Gasteiger partial charge in [-0.2, -0.15) is 5.26 Å². The summed E-state index contributed by atoms with van der Waals surface area (Å²) in [7, 11) is 0. The second-order valence-electron chi connectivity index (χ2n) is 15.9. The third kappa shape index (κ3) is 6.81. The Bertz CT molecular complexity index is 3320. The lowest BCUT2D eigenvalue weighted by Gasteiger charge is -2.41. The molecule has 2 heterocycles. The summed E-state index contributed by atoms with van der Waals surface area (Å²) < 4.78 is 6.81. The first-order valence-electron chi connectivity index (χ1n) is 21.3. The Morgan fingerprint density at radius 2 is 0.781 bits per heavy atom. The molecule has 300 valence electrons. The van der Waals surface area contributed by atoms with Crippen LogP contribution in [0.25, 0.3) is 67.5 Å². The summed E-state index contributed by atoms with van der Waals surface area (Å²) in [5.74, 6) is 3.41. The van der Waals surface area contributed by atoms with E-state index in [1.54, 1.807) is 0 Å². The van der Waals surface area contributed by atoms with Crippen molar-refractivity contribution in [2.24, 2.45) is 0 Å². The van der Waals surface area contributed by atoms with Crippen molar-refractivity contribution in [3.63, 3.8) is 0 Å². The highest BCUT2D eigenvalue weighted by Gasteiger charge is 2.45. The molecule has 10 aromatic rings. The topological polar surface area (TPSA) is 71.7 Å². The van der Waals surface area contributed by atoms with Crippen LogP contribution in [0.1, 0.15) is 27.8 Å². The van der Waals surface area contributed by atoms with E-state index in [2.05, 4.69) is 146 Å². The lowest BCUT2D eigenvalue weighted by atomic mass is 9.63. The minimum Gasteiger partial charge on any atom is -0.457 e. The van der Waals surface area contributed by atoms with E-state index in [0.29, 0.717) is 23.0 Å². The van der Waals surface area contributed by atoms with Gasteiger partial charge in [-0.15, -0.1) is 0 Å². The molecule has 5 nitrogen and oxygen atoms in total. The Hall–Kier alpha value is -8.72. The van der Waals surface area contributed by atoms with Crippen LogP contribution in [0.4, 0.5) is 0 Å². The van der Waals surface area contributed by atoms with Gasteiger partial charge in [0.05, 0.1) is 17.0 Å². The monoisotopic (exact) mass is 818 g/mol. The molecule has 0 saturated carbocycles. The predicted octanol–water partition coefficient (Wildman–Crippen LogP) is 14.2. The summed E-state index contributed by atoms with van der Waals surface area (Å²) in [6, 6.07) is 81.6. The quantitative estimate of drug-likeness (QED) is 0.153. The third-order valence-electron chi connectivity index (χ3n) is 12.1. The third-order valence-corrected chi connectivity index (χ3v) is 12.1. The molecule has 9 aromatic carbocycles. The molecule has 0 fully saturated rings. The Kier molecular flexibility index (Phi) is 9.72. The number of aromatic nitrogens is 3. The normalized spacial score (nSPS) is 12.3. The first-order valence-corrected chi connectivity index (χ1v) is 21.3. The van der Waals surface area contributed by atoms with Crippen molar-refractivity contribution in [3.8, 4) is 85.1 Å². The van der Waals surface area contributed by atoms with Crippen molar-refractivity contribution in [2.75, 3.05) is 0 Å². The van der Waals surface area contributed by atoms with Gasteiger partial charge >= 0.3 is 0 Å². The van der Waals surface area contributed by atoms with E-state index in [0.717, 1.165) is 72.7 Å². The first kappa shape index (κ1) is 38.2. The standard InChI is InChI=1S/C59H38N4O/c60-39-48-18-10-11-27-51(48)40-30-32-42(33-31-40)57-61-56(41-16-4-1-5-17-41)62-58(63-57)47-22-15-21-45(37-47)43-19-14-20-44(36-43)46-34-35-53-55(38-46)64-54-29-13-12-28-52(54)59(53,49-23-6-2-7-24-49)50-25-8-3-9-26-50/h1-38H. The van der Waals surface area contributed by atoms with E-state index in [1.807, 2.05) is 91.0 Å². The zero-order valence-corrected chi connectivity index (χ0v) is 34.6. The van der Waals surface area contributed by atoms with Crippen LogP contribution >= 0.6 is 0 Å². The van der Waals surface area contributed by atoms with Crippen LogP contribution in [0.2, 0.25) is 0 Å². The maximum absolute atomic E-state index is 9.71. The molecule has 1 aliphatic heterocycles. The molecule has 0 saturated heterocycles. The number of fused-ring (bicyclic) bond motifs is 2. The van der Waals surface area contributed by atoms with E-state index in [-0.39, 0.29) is 0 Å². The van der Waals surface area contributed by atoms with Crippen LogP contribution in [0, 0.1) is 11.3 Å². The minimum absolute atomic E-state index is 0.567. The lowest BCUT2D eigenvalue weighted by molar-refractivity contribution is 0.435. The smallest absolute Gasteiger partial charge is 0.164 e. The lowest BCUT2D eigenvalue weighted by Crippen LogP contribution is -2.34. The maximum atomic E-state index is 9.71. The van der Waals surface area contributed by atoms with Gasteiger partial charge in [0.1, 0.15) is 11.5 Å². The maximum Gasteiger partial charge on any atom is 0.164 e. The van der Waals surface area contributed by atoms with Crippen molar-refractivity contribution in [1.82, 2.24) is 15.0 Å². The van der Waals surface area contributed by atoms with Crippen molar-refractivity contribution < 1.29 is 4.74 Å². The fraction of sp³-hybridized carbons (Fsp3) is 0.0169. The second kappa shape index (κ2) is 16.3. The van der Waals surface area contributed by atoms with Crippen LogP contribution in [-0.4, -0.2) is 15.0 Å². The molecule has 0 aliphatic carbocycles. The summed E-state index contributed by atoms with van der Waals surface area (Å²) in [6.45, 7) is 0. The Balaban J connectivity index is 0.970. The van der Waals surface area contributed by atoms with Gasteiger partial charge < -0.3 is 4.74 Å². The number of para-hydroxylation sites is 1. The fourth-order valence-electron chi connectivity index (χ4n) is 9.09. The van der Waals surface area contributed by atoms with Gasteiger partial charge in [-0.25, -0.2) is 15.0 Å². The molecule has 0 atom stereocenters. The minimum atomic E-state index is -0.573. The van der Waals surface area contributed by atoms with E-state index < -0.39 is 5.41 Å². The van der Waals surface area contributed by atoms with Crippen molar-refractivity contribution in [3.05, 3.63) is 258 Å². The van der Waals surface area contributed by atoms with E-state index in [1.165, 1.54) is 11.1 Å². The first-order chi connectivity index (χ1) is 31.7. The van der Waals surface area contributed by atoms with E-state index >= 15 is 0 Å². The summed E-state index contributed by atoms with van der Waals surface area (Å²) >= 11 is 0. The SMILES string of the molecule is N#Cc1ccccc1-c1ccc(-c2nc(-c3ccccc3)nc(-c3cccc(-c4cccc(-c5ccc6c(c5)Oc5ccccc5C6(c5ccccc5)c5ccccc5)c4)c3)n2)cc1. The highest BCUT2D eigenvalue weighted by atomic mass is 16.5. The molecule has 5 heteroatoms. The number of hydrogen-bond donors (Lipinski definition) is 0. The Labute approximate surface area is 372 Å². The molecule has 0 spiro atoms. The van der Waals surface area contributed by atoms with Crippen LogP contribution < -0.4 is 4.74 Å². The summed E-state index contributed by atoms with van der Waals surface area (Å²) in [5, 5.41) is 9.71. The van der Waals surface area contributed by atoms with Crippen molar-refractivity contribution in [1.29, 1.82) is 5.26 Å². The molecule has 11 rings (SSSR count). The van der Waals surface area contributed by atoms with Gasteiger partial charge in [0.15, 0.2) is 17.5 Å². The fourth-order valence-corrected chi connectivity index (χ4v) is 9.09. The van der Waals surface area contributed by atoms with Crippen molar-refractivity contribution >= 4 is 0 Å². The van der Waals surface area contributed by atoms with Gasteiger partial charge in [0, 0.05) is 27.8 Å². The largest absolute Gasteiger partial charge is 0.457 e. The zero-order chi connectivity index (χ0) is 42.9. The molecule has 0 radical (unpaired) electrons. The molecular formula is C59H38N4O. The Morgan fingerprint density at radius 1 is 0.344 bits per heavy atom. The highest BCUT2D eigenvalue weighted by molar-refractivity contribution is 5.79. The molecule has 1 aliphatic rings. The summed E-state index contributed by atoms with van der Waals surface area (Å²) in [4.78, 5) is 15.0. The van der Waals surface area contributed by atoms with Crippen molar-refractivity contribution in [2.45, 2.75) is 5.41 Å². The second-order valence-corrected chi connectivity index (χ2v) is 15.9. The van der Waals surface area contributed by atoms with Crippen LogP contribution in [0.3, 0.4) is 0 Å². The summed E-state index contributed by atoms with van der Waals surface area (Å²) in [6.07, 6.45) is 0. The number of nitriles is 1. The highest BCUT2D eigenvalue weighted by Crippen LogP contribution is 2.55. The molecule has 0 bridgehead atoms. The molecule has 0 amide bonds. The van der Waals surface area contributed by atoms with Gasteiger partial charge in [-0.1, -0.05) is 200 Å². The number of rotatable bonds is 8. The number of nitrogens with zero attached hydrogens (tertiary/aromatic N) is 4. The molecule has 1 aromatic heterocycles. The predicted molar refractivity (Wildman–Crippen MR) is 256 cm³/mol. The van der Waals surface area contributed by atoms with Crippen LogP contribution in [0.5, 0.6) is 11.5 Å². The molecule has 64 heavy (non-hydrogen) atoms. The van der Waals surface area contributed by atoms with Crippen LogP contribution in [-0.2, 0) is 5.41 Å². The average Bonchev–Trinajstić information content (AvgIpc) is 3.38. The number of ether oxygens (including phenoxy) is 1. The van der Waals surface area contributed by atoms with Gasteiger partial charge in [0.25, 0.3) is 0 Å². The van der Waals surface area contributed by atoms with E-state index in [4.69, 9.17) is 19.7 Å².